The van der Waals surface area contributed by atoms with Gasteiger partial charge < -0.3 is 0 Å². The van der Waals surface area contributed by atoms with Crippen LogP contribution in [0.4, 0.5) is 0 Å². The zero-order valence-electron chi connectivity index (χ0n) is 8.15. The van der Waals surface area contributed by atoms with Crippen molar-refractivity contribution in [3.05, 3.63) is 35.4 Å². The van der Waals surface area contributed by atoms with E-state index >= 15 is 0 Å². The van der Waals surface area contributed by atoms with Crippen LogP contribution in [0, 0.1) is 0 Å². The van der Waals surface area contributed by atoms with Gasteiger partial charge in [0.15, 0.2) is 0 Å². The fraction of sp³-hybridized carbons (Fsp3) is 0.300. The molecule has 0 radical (unpaired) electrons. The molecular weight excluding hydrogens is 296 g/mol. The van der Waals surface area contributed by atoms with E-state index in [0.29, 0.717) is 10.0 Å². The molecule has 0 spiro atoms. The Balaban J connectivity index is 2.78. The van der Waals surface area contributed by atoms with E-state index in [2.05, 4.69) is 4.74 Å². The SMILES string of the molecule is COC(=O)c1ccc(C[Te](C)=O)cc1. The summed E-state index contributed by atoms with van der Waals surface area (Å²) in [4.78, 5) is 12.9. The summed E-state index contributed by atoms with van der Waals surface area (Å²) in [5, 5.41) is 0. The molecule has 1 rings (SSSR count). The molecule has 4 heteroatoms. The van der Waals surface area contributed by atoms with Crippen molar-refractivity contribution in [2.24, 2.45) is 0 Å². The summed E-state index contributed by atoms with van der Waals surface area (Å²) in [6.07, 6.45) is 0. The van der Waals surface area contributed by atoms with Gasteiger partial charge in [0.25, 0.3) is 0 Å². The summed E-state index contributed by atoms with van der Waals surface area (Å²) in [7, 11) is 1.35. The quantitative estimate of drug-likeness (QED) is 0.629. The molecule has 0 aliphatic carbocycles. The molecule has 0 aliphatic heterocycles. The Morgan fingerprint density at radius 1 is 1.36 bits per heavy atom. The van der Waals surface area contributed by atoms with Crippen molar-refractivity contribution in [2.45, 2.75) is 9.44 Å². The second kappa shape index (κ2) is 5.23. The average molecular weight is 308 g/mol. The van der Waals surface area contributed by atoms with Crippen molar-refractivity contribution in [3.63, 3.8) is 0 Å². The first-order valence-electron chi connectivity index (χ1n) is 4.11. The van der Waals surface area contributed by atoms with Crippen LogP contribution >= 0.6 is 0 Å². The molecule has 0 N–H and O–H groups in total. The van der Waals surface area contributed by atoms with Gasteiger partial charge in [-0.1, -0.05) is 0 Å². The van der Waals surface area contributed by atoms with Crippen LogP contribution in [-0.2, 0) is 12.3 Å². The third-order valence-corrected chi connectivity index (χ3v) is 3.86. The summed E-state index contributed by atoms with van der Waals surface area (Å²) >= 11 is -2.08. The van der Waals surface area contributed by atoms with Crippen LogP contribution in [0.15, 0.2) is 24.3 Å². The molecule has 0 atom stereocenters. The first-order chi connectivity index (χ1) is 6.63. The number of rotatable bonds is 3. The number of carbonyl (C=O) groups excluding carboxylic acids is 1. The number of esters is 1. The Morgan fingerprint density at radius 3 is 2.36 bits per heavy atom. The second-order valence-corrected chi connectivity index (χ2v) is 7.00. The van der Waals surface area contributed by atoms with Crippen LogP contribution in [0.2, 0.25) is 4.97 Å². The van der Waals surface area contributed by atoms with Gasteiger partial charge >= 0.3 is 90.1 Å². The molecule has 1 aromatic carbocycles. The van der Waals surface area contributed by atoms with Gasteiger partial charge in [-0.25, -0.2) is 0 Å². The number of hydrogen-bond acceptors (Lipinski definition) is 3. The number of methoxy groups -OCH3 is 1. The maximum atomic E-state index is 11.1. The first-order valence-corrected chi connectivity index (χ1v) is 9.03. The van der Waals surface area contributed by atoms with Crippen molar-refractivity contribution >= 4 is 25.5 Å². The van der Waals surface area contributed by atoms with Gasteiger partial charge in [-0.2, -0.15) is 0 Å². The molecule has 0 fully saturated rings. The molecule has 1 aromatic rings. The molecule has 0 amide bonds. The Kier molecular flexibility index (Phi) is 4.24. The van der Waals surface area contributed by atoms with Gasteiger partial charge in [0.2, 0.25) is 0 Å². The zero-order valence-corrected chi connectivity index (χ0v) is 10.5. The second-order valence-electron chi connectivity index (χ2n) is 2.91. The van der Waals surface area contributed by atoms with Gasteiger partial charge in [0.05, 0.1) is 0 Å². The maximum absolute atomic E-state index is 11.1. The van der Waals surface area contributed by atoms with E-state index in [0.717, 1.165) is 5.56 Å². The molecular formula is C10H12O3Te. The van der Waals surface area contributed by atoms with Crippen molar-refractivity contribution in [2.75, 3.05) is 7.11 Å². The molecule has 0 saturated heterocycles. The Morgan fingerprint density at radius 2 is 1.93 bits per heavy atom. The molecule has 76 valence electrons. The molecule has 0 saturated carbocycles. The normalized spacial score (nSPS) is 10.2. The summed E-state index contributed by atoms with van der Waals surface area (Å²) in [5.74, 6) is -0.341. The molecule has 0 aliphatic rings. The first kappa shape index (κ1) is 11.4. The topological polar surface area (TPSA) is 43.4 Å². The third-order valence-electron chi connectivity index (χ3n) is 1.74. The molecule has 14 heavy (non-hydrogen) atoms. The summed E-state index contributed by atoms with van der Waals surface area (Å²) in [6.45, 7) is 0. The Hall–Kier alpha value is -0.720. The van der Waals surface area contributed by atoms with E-state index in [1.165, 1.54) is 7.11 Å². The van der Waals surface area contributed by atoms with E-state index < -0.39 is 19.5 Å². The summed E-state index contributed by atoms with van der Waals surface area (Å²) < 4.78 is 16.3. The predicted molar refractivity (Wildman–Crippen MR) is 53.8 cm³/mol. The predicted octanol–water partition coefficient (Wildman–Crippen LogP) is 1.61. The van der Waals surface area contributed by atoms with E-state index in [1.54, 1.807) is 17.1 Å². The van der Waals surface area contributed by atoms with Gasteiger partial charge in [-0.05, 0) is 0 Å². The summed E-state index contributed by atoms with van der Waals surface area (Å²) in [6, 6.07) is 7.04. The van der Waals surface area contributed by atoms with E-state index in [-0.39, 0.29) is 5.97 Å². The van der Waals surface area contributed by atoms with E-state index in [4.69, 9.17) is 0 Å². The number of benzene rings is 1. The van der Waals surface area contributed by atoms with Gasteiger partial charge in [0.1, 0.15) is 0 Å². The van der Waals surface area contributed by atoms with Crippen LogP contribution in [0.3, 0.4) is 0 Å². The fourth-order valence-electron chi connectivity index (χ4n) is 1.09. The minimum absolute atomic E-state index is 0.341. The van der Waals surface area contributed by atoms with Crippen molar-refractivity contribution in [1.82, 2.24) is 0 Å². The van der Waals surface area contributed by atoms with Crippen LogP contribution in [0.25, 0.3) is 0 Å². The number of carbonyl (C=O) groups is 1. The van der Waals surface area contributed by atoms with Crippen molar-refractivity contribution in [3.8, 4) is 0 Å². The van der Waals surface area contributed by atoms with Crippen LogP contribution < -0.4 is 0 Å². The molecule has 3 nitrogen and oxygen atoms in total. The Labute approximate surface area is 90.1 Å². The summed E-state index contributed by atoms with van der Waals surface area (Å²) in [5.41, 5.74) is 1.55. The van der Waals surface area contributed by atoms with E-state index in [1.807, 2.05) is 12.1 Å². The molecule has 0 aromatic heterocycles. The van der Waals surface area contributed by atoms with Crippen LogP contribution in [-0.4, -0.2) is 32.6 Å². The zero-order chi connectivity index (χ0) is 10.6. The standard InChI is InChI=1S/C10H12O3Te/c1-13-10(11)9-5-3-8(4-6-9)7-14(2)12/h3-6H,7H2,1-2H3. The van der Waals surface area contributed by atoms with Crippen LogP contribution in [0.5, 0.6) is 0 Å². The number of hydrogen-bond donors (Lipinski definition) is 0. The number of ether oxygens (including phenoxy) is 1. The van der Waals surface area contributed by atoms with E-state index in [9.17, 15) is 7.90 Å². The fourth-order valence-corrected chi connectivity index (χ4v) is 2.98. The molecule has 0 unspecified atom stereocenters. The average Bonchev–Trinajstić information content (AvgIpc) is 2.17. The van der Waals surface area contributed by atoms with Gasteiger partial charge in [0, 0.05) is 0 Å². The Bertz CT molecular complexity index is 343. The minimum atomic E-state index is -2.08. The van der Waals surface area contributed by atoms with Crippen molar-refractivity contribution in [1.29, 1.82) is 0 Å². The van der Waals surface area contributed by atoms with Gasteiger partial charge in [-0.3, -0.25) is 0 Å². The monoisotopic (exact) mass is 310 g/mol. The van der Waals surface area contributed by atoms with Crippen molar-refractivity contribution < 1.29 is 12.6 Å². The van der Waals surface area contributed by atoms with Gasteiger partial charge in [-0.15, -0.1) is 0 Å². The molecule has 0 heterocycles. The molecule has 0 bridgehead atoms. The third kappa shape index (κ3) is 3.21. The van der Waals surface area contributed by atoms with Crippen LogP contribution in [0.1, 0.15) is 15.9 Å².